The standard InChI is InChI=1S/C7H11F.C7H10.2C4H10.C3H8/c1-3-4-5-6-7(2)8;1-7-5-3-2-4-6-7;1-4(2)3;1-3-4-2;1-3-2/h3,6H,1,4-5H2,2H3;2-5,7H,6H2,1H3;4H,1-3H3;3-4H2,1-2H3;3H2,1-2H3/b7-6+;;;;. The first-order chi connectivity index (χ1) is 12.2. The third-order valence-electron chi connectivity index (χ3n) is 2.49. The van der Waals surface area contributed by atoms with Crippen molar-refractivity contribution in [2.45, 2.75) is 101 Å². The fraction of sp³-hybridized carbons (Fsp3) is 0.680. The van der Waals surface area contributed by atoms with Crippen molar-refractivity contribution in [1.82, 2.24) is 0 Å². The third kappa shape index (κ3) is 66.0. The summed E-state index contributed by atoms with van der Waals surface area (Å²) >= 11 is 0. The van der Waals surface area contributed by atoms with E-state index in [0.717, 1.165) is 24.7 Å². The Bertz CT molecular complexity index is 312. The summed E-state index contributed by atoms with van der Waals surface area (Å²) in [6.45, 7) is 22.3. The zero-order valence-corrected chi connectivity index (χ0v) is 19.4. The lowest BCUT2D eigenvalue weighted by Crippen LogP contribution is -1.87. The minimum absolute atomic E-state index is 0.105. The zero-order valence-electron chi connectivity index (χ0n) is 19.4. The molecule has 0 nitrogen and oxygen atoms in total. The maximum atomic E-state index is 11.9. The van der Waals surface area contributed by atoms with Crippen LogP contribution in [0, 0.1) is 11.8 Å². The first-order valence-electron chi connectivity index (χ1n) is 10.5. The summed E-state index contributed by atoms with van der Waals surface area (Å²) in [4.78, 5) is 0. The highest BCUT2D eigenvalue weighted by Crippen LogP contribution is 2.08. The highest BCUT2D eigenvalue weighted by Gasteiger charge is 1.93. The van der Waals surface area contributed by atoms with Gasteiger partial charge in [0.1, 0.15) is 0 Å². The number of hydrogen-bond acceptors (Lipinski definition) is 0. The summed E-state index contributed by atoms with van der Waals surface area (Å²) in [5.74, 6) is 1.50. The second-order valence-corrected chi connectivity index (χ2v) is 7.12. The molecule has 156 valence electrons. The Balaban J connectivity index is -0.000000123. The SMILES string of the molecule is C=CCC/C=C(\C)F.CC(C)C.CC1C=CC=CC1.CCC.CCCC. The van der Waals surface area contributed by atoms with Gasteiger partial charge in [0.15, 0.2) is 0 Å². The summed E-state index contributed by atoms with van der Waals surface area (Å²) < 4.78 is 11.9. The molecule has 0 aromatic carbocycles. The van der Waals surface area contributed by atoms with Crippen LogP contribution < -0.4 is 0 Å². The molecule has 0 radical (unpaired) electrons. The van der Waals surface area contributed by atoms with Gasteiger partial charge in [-0.1, -0.05) is 111 Å². The number of unbranched alkanes of at least 4 members (excludes halogenated alkanes) is 2. The Morgan fingerprint density at radius 3 is 1.73 bits per heavy atom. The van der Waals surface area contributed by atoms with Crippen LogP contribution in [0.25, 0.3) is 0 Å². The number of allylic oxidation sites excluding steroid dienone is 7. The predicted octanol–water partition coefficient (Wildman–Crippen LogP) is 9.85. The largest absolute Gasteiger partial charge is 0.212 e. The summed E-state index contributed by atoms with van der Waals surface area (Å²) in [6.07, 6.45) is 18.7. The molecule has 0 bridgehead atoms. The molecule has 0 aromatic heterocycles. The number of halogens is 1. The van der Waals surface area contributed by atoms with Crippen LogP contribution >= 0.6 is 0 Å². The van der Waals surface area contributed by atoms with Crippen molar-refractivity contribution in [3.05, 3.63) is 48.9 Å². The quantitative estimate of drug-likeness (QED) is 0.342. The van der Waals surface area contributed by atoms with E-state index in [9.17, 15) is 4.39 Å². The molecule has 0 spiro atoms. The van der Waals surface area contributed by atoms with Crippen LogP contribution in [-0.4, -0.2) is 0 Å². The van der Waals surface area contributed by atoms with Gasteiger partial charge in [0.2, 0.25) is 0 Å². The van der Waals surface area contributed by atoms with Gasteiger partial charge in [-0.2, -0.15) is 0 Å². The predicted molar refractivity (Wildman–Crippen MR) is 123 cm³/mol. The smallest absolute Gasteiger partial charge is 0.0929 e. The van der Waals surface area contributed by atoms with Crippen molar-refractivity contribution in [2.24, 2.45) is 11.8 Å². The van der Waals surface area contributed by atoms with Gasteiger partial charge in [-0.3, -0.25) is 0 Å². The molecule has 0 aromatic rings. The zero-order chi connectivity index (χ0) is 21.2. The molecule has 0 amide bonds. The molecule has 1 atom stereocenters. The molecule has 1 unspecified atom stereocenters. The molecule has 0 fully saturated rings. The summed E-state index contributed by atoms with van der Waals surface area (Å²) in [5.41, 5.74) is 0. The highest BCUT2D eigenvalue weighted by molar-refractivity contribution is 5.09. The average Bonchev–Trinajstić information content (AvgIpc) is 2.56. The fourth-order valence-electron chi connectivity index (χ4n) is 1.10. The lowest BCUT2D eigenvalue weighted by atomic mass is 10.0. The minimum atomic E-state index is -0.105. The molecule has 0 aliphatic heterocycles. The molecule has 1 heteroatoms. The van der Waals surface area contributed by atoms with Crippen LogP contribution in [0.1, 0.15) is 101 Å². The Morgan fingerprint density at radius 2 is 1.54 bits per heavy atom. The van der Waals surface area contributed by atoms with E-state index in [2.05, 4.69) is 86.3 Å². The summed E-state index contributed by atoms with van der Waals surface area (Å²) in [5, 5.41) is 0. The van der Waals surface area contributed by atoms with E-state index in [1.807, 2.05) is 0 Å². The number of rotatable bonds is 4. The minimum Gasteiger partial charge on any atom is -0.212 e. The molecule has 0 N–H and O–H groups in total. The van der Waals surface area contributed by atoms with E-state index in [-0.39, 0.29) is 5.83 Å². The molecular formula is C25H49F. The van der Waals surface area contributed by atoms with Crippen molar-refractivity contribution in [1.29, 1.82) is 0 Å². The van der Waals surface area contributed by atoms with Gasteiger partial charge < -0.3 is 0 Å². The van der Waals surface area contributed by atoms with Gasteiger partial charge >= 0.3 is 0 Å². The summed E-state index contributed by atoms with van der Waals surface area (Å²) in [6, 6.07) is 0. The maximum Gasteiger partial charge on any atom is 0.0929 e. The van der Waals surface area contributed by atoms with E-state index in [1.165, 1.54) is 32.6 Å². The van der Waals surface area contributed by atoms with Crippen LogP contribution in [0.2, 0.25) is 0 Å². The van der Waals surface area contributed by atoms with Crippen LogP contribution in [0.5, 0.6) is 0 Å². The van der Waals surface area contributed by atoms with Crippen molar-refractivity contribution in [2.75, 3.05) is 0 Å². The van der Waals surface area contributed by atoms with Crippen molar-refractivity contribution in [3.8, 4) is 0 Å². The molecule has 1 aliphatic carbocycles. The van der Waals surface area contributed by atoms with Crippen molar-refractivity contribution < 1.29 is 4.39 Å². The average molecular weight is 369 g/mol. The number of hydrogen-bond donors (Lipinski definition) is 0. The van der Waals surface area contributed by atoms with Gasteiger partial charge in [-0.25, -0.2) is 4.39 Å². The third-order valence-corrected chi connectivity index (χ3v) is 2.49. The molecule has 1 rings (SSSR count). The first-order valence-corrected chi connectivity index (χ1v) is 10.5. The van der Waals surface area contributed by atoms with Crippen molar-refractivity contribution in [3.63, 3.8) is 0 Å². The van der Waals surface area contributed by atoms with Gasteiger partial charge in [0, 0.05) is 0 Å². The molecule has 0 heterocycles. The van der Waals surface area contributed by atoms with Gasteiger partial charge in [0.05, 0.1) is 5.83 Å². The van der Waals surface area contributed by atoms with Crippen LogP contribution in [0.4, 0.5) is 4.39 Å². The highest BCUT2D eigenvalue weighted by atomic mass is 19.1. The molecule has 26 heavy (non-hydrogen) atoms. The fourth-order valence-corrected chi connectivity index (χ4v) is 1.10. The molecule has 0 saturated heterocycles. The van der Waals surface area contributed by atoms with Gasteiger partial charge in [-0.15, -0.1) is 6.58 Å². The van der Waals surface area contributed by atoms with E-state index >= 15 is 0 Å². The second kappa shape index (κ2) is 31.6. The van der Waals surface area contributed by atoms with Crippen LogP contribution in [0.3, 0.4) is 0 Å². The Kier molecular flexibility index (Phi) is 39.6. The van der Waals surface area contributed by atoms with E-state index < -0.39 is 0 Å². The van der Waals surface area contributed by atoms with Crippen molar-refractivity contribution >= 4 is 0 Å². The van der Waals surface area contributed by atoms with Gasteiger partial charge in [0.25, 0.3) is 0 Å². The van der Waals surface area contributed by atoms with E-state index in [4.69, 9.17) is 0 Å². The summed E-state index contributed by atoms with van der Waals surface area (Å²) in [7, 11) is 0. The second-order valence-electron chi connectivity index (χ2n) is 7.12. The Hall–Kier alpha value is -1.11. The Morgan fingerprint density at radius 1 is 1.08 bits per heavy atom. The first kappa shape index (κ1) is 32.6. The lowest BCUT2D eigenvalue weighted by Gasteiger charge is -2.02. The normalized spacial score (nSPS) is 14.4. The van der Waals surface area contributed by atoms with Crippen LogP contribution in [0.15, 0.2) is 48.9 Å². The van der Waals surface area contributed by atoms with Crippen LogP contribution in [-0.2, 0) is 0 Å². The molecule has 1 aliphatic rings. The van der Waals surface area contributed by atoms with E-state index in [1.54, 1.807) is 12.2 Å². The Labute approximate surface area is 166 Å². The van der Waals surface area contributed by atoms with E-state index in [0.29, 0.717) is 0 Å². The topological polar surface area (TPSA) is 0 Å². The lowest BCUT2D eigenvalue weighted by molar-refractivity contribution is 0.633. The monoisotopic (exact) mass is 368 g/mol. The molecule has 0 saturated carbocycles. The van der Waals surface area contributed by atoms with Gasteiger partial charge in [-0.05, 0) is 38.0 Å². The maximum absolute atomic E-state index is 11.9. The molecular weight excluding hydrogens is 319 g/mol.